The summed E-state index contributed by atoms with van der Waals surface area (Å²) in [5, 5.41) is 0.644. The number of rotatable bonds is 3. The summed E-state index contributed by atoms with van der Waals surface area (Å²) in [5.74, 6) is 4.92. The Balaban J connectivity index is 3.23. The molecule has 0 atom stereocenters. The van der Waals surface area contributed by atoms with Gasteiger partial charge < -0.3 is 0 Å². The van der Waals surface area contributed by atoms with Crippen molar-refractivity contribution in [3.05, 3.63) is 0 Å². The van der Waals surface area contributed by atoms with E-state index in [4.69, 9.17) is 5.84 Å². The van der Waals surface area contributed by atoms with E-state index in [0.29, 0.717) is 11.6 Å². The van der Waals surface area contributed by atoms with Gasteiger partial charge in [-0.25, -0.2) is 5.84 Å². The summed E-state index contributed by atoms with van der Waals surface area (Å²) in [7, 11) is 0. The van der Waals surface area contributed by atoms with Crippen molar-refractivity contribution in [2.24, 2.45) is 5.84 Å². The summed E-state index contributed by atoms with van der Waals surface area (Å²) in [6.45, 7) is 3.56. The van der Waals surface area contributed by atoms with Gasteiger partial charge in [0.1, 0.15) is 0 Å². The van der Waals surface area contributed by atoms with E-state index in [0.717, 1.165) is 0 Å². The number of hydrogen-bond donors (Lipinski definition) is 1. The minimum absolute atomic E-state index is 0.0507. The molecular weight excluding hydrogens is 108 g/mol. The number of nitrogens with two attached hydrogens (primary N) is 1. The first kappa shape index (κ1) is 7.39. The lowest BCUT2D eigenvalue weighted by Crippen LogP contribution is -2.32. The Morgan fingerprint density at radius 1 is 1.75 bits per heavy atom. The average molecular weight is 118 g/mol. The van der Waals surface area contributed by atoms with Crippen LogP contribution in [0.1, 0.15) is 13.8 Å². The lowest BCUT2D eigenvalue weighted by atomic mass is 10.5. The number of hydrazine groups is 1. The van der Waals surface area contributed by atoms with Crippen molar-refractivity contribution in [3.8, 4) is 0 Å². The Morgan fingerprint density at radius 2 is 2.25 bits per heavy atom. The molecule has 4 heteroatoms. The van der Waals surface area contributed by atoms with E-state index in [9.17, 15) is 4.79 Å². The van der Waals surface area contributed by atoms with Crippen molar-refractivity contribution in [2.45, 2.75) is 20.0 Å². The van der Waals surface area contributed by atoms with E-state index in [1.807, 2.05) is 0 Å². The van der Waals surface area contributed by atoms with Gasteiger partial charge in [-0.05, 0) is 13.8 Å². The number of hydroxylamine groups is 1. The summed E-state index contributed by atoms with van der Waals surface area (Å²) in [5.41, 5.74) is 0. The van der Waals surface area contributed by atoms with E-state index in [-0.39, 0.29) is 6.10 Å². The fraction of sp³-hybridized carbons (Fsp3) is 0.750. The number of hydrogen-bond acceptors (Lipinski definition) is 3. The highest BCUT2D eigenvalue weighted by molar-refractivity contribution is 5.43. The van der Waals surface area contributed by atoms with E-state index < -0.39 is 0 Å². The molecule has 0 aromatic carbocycles. The molecule has 0 heterocycles. The summed E-state index contributed by atoms with van der Waals surface area (Å²) in [6.07, 6.45) is 0.352. The molecule has 0 bridgehead atoms. The van der Waals surface area contributed by atoms with Crippen molar-refractivity contribution in [1.82, 2.24) is 5.17 Å². The van der Waals surface area contributed by atoms with Crippen LogP contribution >= 0.6 is 0 Å². The van der Waals surface area contributed by atoms with Gasteiger partial charge in [0.15, 0.2) is 0 Å². The SMILES string of the molecule is CC(C)ON(N)C=O. The van der Waals surface area contributed by atoms with Gasteiger partial charge in [-0.3, -0.25) is 9.63 Å². The first-order chi connectivity index (χ1) is 3.66. The third kappa shape index (κ3) is 3.58. The third-order valence-corrected chi connectivity index (χ3v) is 0.436. The summed E-state index contributed by atoms with van der Waals surface area (Å²) in [4.78, 5) is 14.4. The van der Waals surface area contributed by atoms with Crippen LogP contribution in [0, 0.1) is 0 Å². The van der Waals surface area contributed by atoms with Crippen LogP contribution in [0.4, 0.5) is 0 Å². The Hall–Kier alpha value is -0.610. The molecule has 0 aliphatic rings. The van der Waals surface area contributed by atoms with Crippen molar-refractivity contribution >= 4 is 6.41 Å². The molecule has 0 aliphatic carbocycles. The molecule has 48 valence electrons. The van der Waals surface area contributed by atoms with Crippen LogP contribution in [0.3, 0.4) is 0 Å². The Bertz CT molecular complexity index is 74.4. The van der Waals surface area contributed by atoms with Gasteiger partial charge in [-0.1, -0.05) is 0 Å². The van der Waals surface area contributed by atoms with Gasteiger partial charge in [0.05, 0.1) is 6.10 Å². The summed E-state index contributed by atoms with van der Waals surface area (Å²) < 4.78 is 0. The molecule has 8 heavy (non-hydrogen) atoms. The molecule has 0 rings (SSSR count). The summed E-state index contributed by atoms with van der Waals surface area (Å²) in [6, 6.07) is 0. The Labute approximate surface area is 48.1 Å². The third-order valence-electron chi connectivity index (χ3n) is 0.436. The molecule has 0 saturated carbocycles. The second kappa shape index (κ2) is 3.40. The second-order valence-electron chi connectivity index (χ2n) is 1.62. The van der Waals surface area contributed by atoms with Crippen LogP contribution in [0.2, 0.25) is 0 Å². The zero-order valence-corrected chi connectivity index (χ0v) is 5.00. The predicted molar refractivity (Wildman–Crippen MR) is 28.3 cm³/mol. The zero-order valence-electron chi connectivity index (χ0n) is 5.00. The predicted octanol–water partition coefficient (Wildman–Crippen LogP) is -0.342. The molecule has 0 aliphatic heterocycles. The van der Waals surface area contributed by atoms with Crippen LogP contribution in [-0.2, 0) is 9.63 Å². The molecule has 0 fully saturated rings. The summed E-state index contributed by atoms with van der Waals surface area (Å²) >= 11 is 0. The van der Waals surface area contributed by atoms with Crippen LogP contribution in [0.5, 0.6) is 0 Å². The molecule has 0 spiro atoms. The highest BCUT2D eigenvalue weighted by Crippen LogP contribution is 1.85. The normalized spacial score (nSPS) is 9.50. The second-order valence-corrected chi connectivity index (χ2v) is 1.62. The molecule has 0 unspecified atom stereocenters. The van der Waals surface area contributed by atoms with E-state index in [2.05, 4.69) is 4.84 Å². The van der Waals surface area contributed by atoms with E-state index >= 15 is 0 Å². The maximum Gasteiger partial charge on any atom is 0.248 e. The first-order valence-electron chi connectivity index (χ1n) is 2.33. The minimum atomic E-state index is -0.0507. The van der Waals surface area contributed by atoms with Crippen LogP contribution in [0.25, 0.3) is 0 Å². The largest absolute Gasteiger partial charge is 0.275 e. The number of carbonyl (C=O) groups excluding carboxylic acids is 1. The van der Waals surface area contributed by atoms with Crippen LogP contribution in [-0.4, -0.2) is 17.7 Å². The fourth-order valence-corrected chi connectivity index (χ4v) is 0.268. The van der Waals surface area contributed by atoms with Gasteiger partial charge >= 0.3 is 0 Å². The van der Waals surface area contributed by atoms with Gasteiger partial charge in [0.2, 0.25) is 6.41 Å². The quantitative estimate of drug-likeness (QED) is 0.239. The Morgan fingerprint density at radius 3 is 2.38 bits per heavy atom. The maximum absolute atomic E-state index is 9.72. The average Bonchev–Trinajstić information content (AvgIpc) is 1.65. The molecule has 4 nitrogen and oxygen atoms in total. The van der Waals surface area contributed by atoms with Gasteiger partial charge in [0, 0.05) is 0 Å². The topological polar surface area (TPSA) is 55.6 Å². The van der Waals surface area contributed by atoms with Crippen LogP contribution < -0.4 is 5.84 Å². The highest BCUT2D eigenvalue weighted by atomic mass is 16.7. The molecule has 0 radical (unpaired) electrons. The van der Waals surface area contributed by atoms with Crippen molar-refractivity contribution in [1.29, 1.82) is 0 Å². The van der Waals surface area contributed by atoms with Crippen LogP contribution in [0.15, 0.2) is 0 Å². The number of amides is 1. The lowest BCUT2D eigenvalue weighted by Gasteiger charge is -2.11. The van der Waals surface area contributed by atoms with Crippen molar-refractivity contribution in [3.63, 3.8) is 0 Å². The van der Waals surface area contributed by atoms with E-state index in [1.165, 1.54) is 0 Å². The molecular formula is C4H10N2O2. The maximum atomic E-state index is 9.72. The Kier molecular flexibility index (Phi) is 3.14. The van der Waals surface area contributed by atoms with Crippen molar-refractivity contribution in [2.75, 3.05) is 0 Å². The number of nitrogens with zero attached hydrogens (tertiary/aromatic N) is 1. The van der Waals surface area contributed by atoms with E-state index in [1.54, 1.807) is 13.8 Å². The van der Waals surface area contributed by atoms with Crippen molar-refractivity contribution < 1.29 is 9.63 Å². The van der Waals surface area contributed by atoms with Gasteiger partial charge in [-0.2, -0.15) is 5.17 Å². The molecule has 2 N–H and O–H groups in total. The van der Waals surface area contributed by atoms with Gasteiger partial charge in [-0.15, -0.1) is 0 Å². The standard InChI is InChI=1S/C4H10N2O2/c1-4(2)8-6(5)3-7/h3-4H,5H2,1-2H3. The first-order valence-corrected chi connectivity index (χ1v) is 2.33. The highest BCUT2D eigenvalue weighted by Gasteiger charge is 1.95. The molecule has 1 amide bonds. The van der Waals surface area contributed by atoms with Gasteiger partial charge in [0.25, 0.3) is 0 Å². The molecule has 0 aromatic rings. The fourth-order valence-electron chi connectivity index (χ4n) is 0.268. The molecule has 0 aromatic heterocycles. The number of carbonyl (C=O) groups is 1. The smallest absolute Gasteiger partial charge is 0.248 e. The monoisotopic (exact) mass is 118 g/mol. The molecule has 0 saturated heterocycles. The lowest BCUT2D eigenvalue weighted by molar-refractivity contribution is -0.189. The zero-order chi connectivity index (χ0) is 6.57. The minimum Gasteiger partial charge on any atom is -0.275 e.